The summed E-state index contributed by atoms with van der Waals surface area (Å²) in [6.45, 7) is 0.0400. The van der Waals surface area contributed by atoms with Crippen molar-refractivity contribution < 1.29 is 23.2 Å². The molecule has 1 aliphatic heterocycles. The highest BCUT2D eigenvalue weighted by atomic mass is 35.5. The summed E-state index contributed by atoms with van der Waals surface area (Å²) in [5.41, 5.74) is -0.427. The number of non-ortho nitro benzene ring substituents is 1. The van der Waals surface area contributed by atoms with E-state index in [1.54, 1.807) is 0 Å². The molecule has 2 rings (SSSR count). The number of nitrogens with zero attached hydrogens (tertiary/aromatic N) is 2. The first kappa shape index (κ1) is 15.7. The van der Waals surface area contributed by atoms with Crippen LogP contribution in [0.25, 0.3) is 0 Å². The molecule has 1 atom stereocenters. The second-order valence-corrected chi connectivity index (χ2v) is 6.75. The zero-order valence-corrected chi connectivity index (χ0v) is 12.2. The van der Waals surface area contributed by atoms with Crippen LogP contribution in [0.3, 0.4) is 0 Å². The summed E-state index contributed by atoms with van der Waals surface area (Å²) >= 11 is 5.82. The van der Waals surface area contributed by atoms with Gasteiger partial charge in [-0.1, -0.05) is 11.6 Å². The van der Waals surface area contributed by atoms with Gasteiger partial charge in [-0.15, -0.1) is 0 Å². The molecule has 1 N–H and O–H groups in total. The predicted molar refractivity (Wildman–Crippen MR) is 72.7 cm³/mol. The van der Waals surface area contributed by atoms with Crippen LogP contribution in [0.15, 0.2) is 23.1 Å². The largest absolute Gasteiger partial charge is 0.480 e. The Bertz CT molecular complexity index is 705. The van der Waals surface area contributed by atoms with Crippen LogP contribution >= 0.6 is 11.6 Å². The molecule has 1 aromatic carbocycles. The normalized spacial score (nSPS) is 19.6. The van der Waals surface area contributed by atoms with Gasteiger partial charge in [-0.2, -0.15) is 4.31 Å². The van der Waals surface area contributed by atoms with Crippen LogP contribution in [0.4, 0.5) is 5.69 Å². The molecule has 0 aromatic heterocycles. The number of carboxylic acids is 1. The SMILES string of the molecule is O=C(O)C1CCCN1S(=O)(=O)c1cc([N+](=O)[O-])ccc1Cl. The van der Waals surface area contributed by atoms with E-state index in [-0.39, 0.29) is 18.0 Å². The van der Waals surface area contributed by atoms with Crippen molar-refractivity contribution >= 4 is 33.3 Å². The smallest absolute Gasteiger partial charge is 0.322 e. The Labute approximate surface area is 125 Å². The van der Waals surface area contributed by atoms with E-state index < -0.39 is 37.5 Å². The minimum absolute atomic E-state index is 0.0400. The van der Waals surface area contributed by atoms with E-state index in [2.05, 4.69) is 0 Å². The number of carbonyl (C=O) groups is 1. The summed E-state index contributed by atoms with van der Waals surface area (Å²) in [4.78, 5) is 20.7. The van der Waals surface area contributed by atoms with E-state index in [9.17, 15) is 23.3 Å². The van der Waals surface area contributed by atoms with E-state index in [1.165, 1.54) is 0 Å². The molecule has 1 heterocycles. The molecule has 114 valence electrons. The molecule has 1 aliphatic rings. The molecule has 0 spiro atoms. The Balaban J connectivity index is 2.51. The lowest BCUT2D eigenvalue weighted by Crippen LogP contribution is -2.40. The number of sulfonamides is 1. The van der Waals surface area contributed by atoms with Gasteiger partial charge in [0.15, 0.2) is 0 Å². The van der Waals surface area contributed by atoms with Gasteiger partial charge >= 0.3 is 5.97 Å². The Morgan fingerprint density at radius 1 is 1.48 bits per heavy atom. The van der Waals surface area contributed by atoms with Crippen molar-refractivity contribution in [3.05, 3.63) is 33.3 Å². The van der Waals surface area contributed by atoms with Crippen LogP contribution in [0.1, 0.15) is 12.8 Å². The highest BCUT2D eigenvalue weighted by Crippen LogP contribution is 2.32. The third-order valence-electron chi connectivity index (χ3n) is 3.20. The lowest BCUT2D eigenvalue weighted by atomic mass is 10.2. The van der Waals surface area contributed by atoms with Crippen LogP contribution in [0.2, 0.25) is 5.02 Å². The number of hydrogen-bond acceptors (Lipinski definition) is 5. The van der Waals surface area contributed by atoms with Crippen molar-refractivity contribution in [3.63, 3.8) is 0 Å². The number of nitro benzene ring substituents is 1. The van der Waals surface area contributed by atoms with E-state index >= 15 is 0 Å². The molecule has 1 unspecified atom stereocenters. The maximum absolute atomic E-state index is 12.5. The fourth-order valence-corrected chi connectivity index (χ4v) is 4.35. The van der Waals surface area contributed by atoms with Crippen molar-refractivity contribution in [2.24, 2.45) is 0 Å². The second kappa shape index (κ2) is 5.58. The number of halogens is 1. The van der Waals surface area contributed by atoms with Crippen molar-refractivity contribution in [3.8, 4) is 0 Å². The average molecular weight is 335 g/mol. The monoisotopic (exact) mass is 334 g/mol. The lowest BCUT2D eigenvalue weighted by molar-refractivity contribution is -0.385. The molecule has 0 radical (unpaired) electrons. The zero-order chi connectivity index (χ0) is 15.8. The third kappa shape index (κ3) is 2.85. The van der Waals surface area contributed by atoms with Crippen molar-refractivity contribution in [1.82, 2.24) is 4.31 Å². The summed E-state index contributed by atoms with van der Waals surface area (Å²) in [6, 6.07) is 1.86. The minimum Gasteiger partial charge on any atom is -0.480 e. The Morgan fingerprint density at radius 3 is 2.71 bits per heavy atom. The van der Waals surface area contributed by atoms with Crippen LogP contribution < -0.4 is 0 Å². The van der Waals surface area contributed by atoms with Crippen LogP contribution in [-0.2, 0) is 14.8 Å². The van der Waals surface area contributed by atoms with Crippen molar-refractivity contribution in [1.29, 1.82) is 0 Å². The zero-order valence-electron chi connectivity index (χ0n) is 10.6. The molecule has 1 fully saturated rings. The Morgan fingerprint density at radius 2 is 2.14 bits per heavy atom. The standard InChI is InChI=1S/C11H11ClN2O6S/c12-8-4-3-7(14(17)18)6-10(8)21(19,20)13-5-1-2-9(13)11(15)16/h3-4,6,9H,1-2,5H2,(H,15,16). The molecule has 1 aromatic rings. The summed E-state index contributed by atoms with van der Waals surface area (Å²) in [5, 5.41) is 19.6. The molecule has 0 bridgehead atoms. The van der Waals surface area contributed by atoms with Crippen LogP contribution in [0.5, 0.6) is 0 Å². The number of benzene rings is 1. The first-order valence-corrected chi connectivity index (χ1v) is 7.75. The number of rotatable bonds is 4. The number of hydrogen-bond donors (Lipinski definition) is 1. The maximum atomic E-state index is 12.5. The number of aliphatic carboxylic acids is 1. The van der Waals surface area contributed by atoms with Crippen LogP contribution in [0, 0.1) is 10.1 Å². The van der Waals surface area contributed by atoms with Gasteiger partial charge in [0.1, 0.15) is 10.9 Å². The summed E-state index contributed by atoms with van der Waals surface area (Å²) in [6.07, 6.45) is 0.601. The highest BCUT2D eigenvalue weighted by molar-refractivity contribution is 7.89. The molecular formula is C11H11ClN2O6S. The van der Waals surface area contributed by atoms with Gasteiger partial charge < -0.3 is 5.11 Å². The molecule has 8 nitrogen and oxygen atoms in total. The van der Waals surface area contributed by atoms with Gasteiger partial charge in [-0.3, -0.25) is 14.9 Å². The van der Waals surface area contributed by atoms with Gasteiger partial charge in [0.25, 0.3) is 5.69 Å². The van der Waals surface area contributed by atoms with E-state index in [0.29, 0.717) is 6.42 Å². The molecular weight excluding hydrogens is 324 g/mol. The van der Waals surface area contributed by atoms with Gasteiger partial charge in [0, 0.05) is 18.7 Å². The Hall–Kier alpha value is -1.71. The topological polar surface area (TPSA) is 118 Å². The lowest BCUT2D eigenvalue weighted by Gasteiger charge is -2.21. The minimum atomic E-state index is -4.20. The first-order valence-electron chi connectivity index (χ1n) is 5.93. The van der Waals surface area contributed by atoms with E-state index in [0.717, 1.165) is 22.5 Å². The van der Waals surface area contributed by atoms with E-state index in [4.69, 9.17) is 16.7 Å². The van der Waals surface area contributed by atoms with Gasteiger partial charge in [-0.05, 0) is 18.9 Å². The maximum Gasteiger partial charge on any atom is 0.322 e. The summed E-state index contributed by atoms with van der Waals surface area (Å²) < 4.78 is 25.8. The van der Waals surface area contributed by atoms with Crippen LogP contribution in [-0.4, -0.2) is 41.3 Å². The molecule has 0 amide bonds. The van der Waals surface area contributed by atoms with Gasteiger partial charge in [0.2, 0.25) is 10.0 Å². The number of nitro groups is 1. The third-order valence-corrected chi connectivity index (χ3v) is 5.59. The Kier molecular flexibility index (Phi) is 4.17. The summed E-state index contributed by atoms with van der Waals surface area (Å²) in [5.74, 6) is -1.25. The predicted octanol–water partition coefficient (Wildman–Crippen LogP) is 1.49. The molecule has 10 heteroatoms. The fourth-order valence-electron chi connectivity index (χ4n) is 2.20. The molecule has 21 heavy (non-hydrogen) atoms. The molecule has 0 aliphatic carbocycles. The van der Waals surface area contributed by atoms with Crippen molar-refractivity contribution in [2.45, 2.75) is 23.8 Å². The van der Waals surface area contributed by atoms with Crippen molar-refractivity contribution in [2.75, 3.05) is 6.54 Å². The highest BCUT2D eigenvalue weighted by Gasteiger charge is 2.40. The second-order valence-electron chi connectivity index (χ2n) is 4.48. The first-order chi connectivity index (χ1) is 9.75. The molecule has 1 saturated heterocycles. The average Bonchev–Trinajstić information content (AvgIpc) is 2.88. The quantitative estimate of drug-likeness (QED) is 0.658. The number of carboxylic acid groups (broad SMARTS) is 1. The van der Waals surface area contributed by atoms with E-state index in [1.807, 2.05) is 0 Å². The van der Waals surface area contributed by atoms with Gasteiger partial charge in [-0.25, -0.2) is 8.42 Å². The van der Waals surface area contributed by atoms with Gasteiger partial charge in [0.05, 0.1) is 9.95 Å². The fraction of sp³-hybridized carbons (Fsp3) is 0.364. The molecule has 0 saturated carbocycles. The summed E-state index contributed by atoms with van der Waals surface area (Å²) in [7, 11) is -4.20.